The molecule has 1 atom stereocenters. The van der Waals surface area contributed by atoms with Crippen LogP contribution < -0.4 is 4.74 Å². The summed E-state index contributed by atoms with van der Waals surface area (Å²) < 4.78 is 6.62. The minimum Gasteiger partial charge on any atom is -0.484 e. The monoisotopic (exact) mass is 402 g/mol. The zero-order valence-electron chi connectivity index (χ0n) is 12.2. The number of carbonyl (C=O) groups is 2. The SMILES string of the molecule is CN(C)C(=O)C1CCCN1C(=O)COc1ccc(I)cc1. The highest BCUT2D eigenvalue weighted by Crippen LogP contribution is 2.19. The molecule has 0 radical (unpaired) electrons. The summed E-state index contributed by atoms with van der Waals surface area (Å²) in [6, 6.07) is 7.18. The molecule has 5 nitrogen and oxygen atoms in total. The molecule has 1 heterocycles. The second-order valence-electron chi connectivity index (χ2n) is 5.22. The molecule has 0 N–H and O–H groups in total. The number of ether oxygens (including phenoxy) is 1. The Labute approximate surface area is 138 Å². The Balaban J connectivity index is 1.93. The van der Waals surface area contributed by atoms with Gasteiger partial charge in [0.25, 0.3) is 5.91 Å². The van der Waals surface area contributed by atoms with E-state index in [1.807, 2.05) is 24.3 Å². The van der Waals surface area contributed by atoms with E-state index in [-0.39, 0.29) is 24.5 Å². The fraction of sp³-hybridized carbons (Fsp3) is 0.467. The number of carbonyl (C=O) groups excluding carboxylic acids is 2. The lowest BCUT2D eigenvalue weighted by atomic mass is 10.2. The van der Waals surface area contributed by atoms with Crippen LogP contribution in [-0.4, -0.2) is 54.9 Å². The molecular weight excluding hydrogens is 383 g/mol. The molecule has 0 aliphatic carbocycles. The van der Waals surface area contributed by atoms with Crippen LogP contribution in [0, 0.1) is 3.57 Å². The zero-order chi connectivity index (χ0) is 15.4. The van der Waals surface area contributed by atoms with Crippen LogP contribution in [0.3, 0.4) is 0 Å². The van der Waals surface area contributed by atoms with Gasteiger partial charge < -0.3 is 14.5 Å². The normalized spacial score (nSPS) is 17.7. The largest absolute Gasteiger partial charge is 0.484 e. The van der Waals surface area contributed by atoms with Crippen molar-refractivity contribution in [3.8, 4) is 5.75 Å². The lowest BCUT2D eigenvalue weighted by Crippen LogP contribution is -2.46. The highest BCUT2D eigenvalue weighted by molar-refractivity contribution is 14.1. The Hall–Kier alpha value is -1.31. The van der Waals surface area contributed by atoms with Crippen molar-refractivity contribution in [1.29, 1.82) is 0 Å². The molecule has 0 saturated carbocycles. The molecular formula is C15H19IN2O3. The fourth-order valence-corrected chi connectivity index (χ4v) is 2.74. The van der Waals surface area contributed by atoms with E-state index in [0.29, 0.717) is 12.3 Å². The van der Waals surface area contributed by atoms with Gasteiger partial charge >= 0.3 is 0 Å². The third-order valence-electron chi connectivity index (χ3n) is 3.47. The van der Waals surface area contributed by atoms with E-state index in [4.69, 9.17) is 4.74 Å². The van der Waals surface area contributed by atoms with Crippen LogP contribution in [0.4, 0.5) is 0 Å². The van der Waals surface area contributed by atoms with Crippen molar-refractivity contribution in [2.45, 2.75) is 18.9 Å². The van der Waals surface area contributed by atoms with Crippen molar-refractivity contribution < 1.29 is 14.3 Å². The van der Waals surface area contributed by atoms with Crippen LogP contribution in [0.15, 0.2) is 24.3 Å². The van der Waals surface area contributed by atoms with Gasteiger partial charge in [-0.15, -0.1) is 0 Å². The molecule has 0 aromatic heterocycles. The number of likely N-dealkylation sites (tertiary alicyclic amines) is 1. The molecule has 0 bridgehead atoms. The lowest BCUT2D eigenvalue weighted by Gasteiger charge is -2.26. The van der Waals surface area contributed by atoms with Crippen LogP contribution in [0.2, 0.25) is 0 Å². The van der Waals surface area contributed by atoms with Gasteiger partial charge in [0.2, 0.25) is 5.91 Å². The van der Waals surface area contributed by atoms with Crippen molar-refractivity contribution in [1.82, 2.24) is 9.80 Å². The van der Waals surface area contributed by atoms with E-state index in [2.05, 4.69) is 22.6 Å². The second kappa shape index (κ2) is 7.11. The Bertz CT molecular complexity index is 516. The molecule has 114 valence electrons. The summed E-state index contributed by atoms with van der Waals surface area (Å²) in [6.07, 6.45) is 1.59. The quantitative estimate of drug-likeness (QED) is 0.722. The van der Waals surface area contributed by atoms with Crippen molar-refractivity contribution in [2.24, 2.45) is 0 Å². The van der Waals surface area contributed by atoms with Crippen molar-refractivity contribution in [3.05, 3.63) is 27.8 Å². The van der Waals surface area contributed by atoms with Gasteiger partial charge in [-0.2, -0.15) is 0 Å². The predicted octanol–water partition coefficient (Wildman–Crippen LogP) is 1.75. The van der Waals surface area contributed by atoms with Crippen LogP contribution in [0.5, 0.6) is 5.75 Å². The van der Waals surface area contributed by atoms with E-state index in [0.717, 1.165) is 16.4 Å². The molecule has 1 unspecified atom stereocenters. The first-order chi connectivity index (χ1) is 9.99. The third-order valence-corrected chi connectivity index (χ3v) is 4.19. The molecule has 2 amide bonds. The topological polar surface area (TPSA) is 49.9 Å². The first-order valence-electron chi connectivity index (χ1n) is 6.88. The highest BCUT2D eigenvalue weighted by atomic mass is 127. The maximum atomic E-state index is 12.3. The summed E-state index contributed by atoms with van der Waals surface area (Å²) in [6.45, 7) is 0.594. The summed E-state index contributed by atoms with van der Waals surface area (Å²) in [7, 11) is 3.43. The number of hydrogen-bond acceptors (Lipinski definition) is 3. The Morgan fingerprint density at radius 2 is 2.00 bits per heavy atom. The van der Waals surface area contributed by atoms with Gasteiger partial charge in [0.05, 0.1) is 0 Å². The van der Waals surface area contributed by atoms with Gasteiger partial charge in [-0.25, -0.2) is 0 Å². The van der Waals surface area contributed by atoms with Crippen molar-refractivity contribution >= 4 is 34.4 Å². The number of likely N-dealkylation sites (N-methyl/N-ethyl adjacent to an activating group) is 1. The first kappa shape index (κ1) is 16.1. The van der Waals surface area contributed by atoms with Crippen LogP contribution in [0.1, 0.15) is 12.8 Å². The van der Waals surface area contributed by atoms with Crippen LogP contribution >= 0.6 is 22.6 Å². The van der Waals surface area contributed by atoms with E-state index in [1.54, 1.807) is 19.0 Å². The van der Waals surface area contributed by atoms with Crippen molar-refractivity contribution in [3.63, 3.8) is 0 Å². The molecule has 2 rings (SSSR count). The second-order valence-corrected chi connectivity index (χ2v) is 6.47. The standard InChI is InChI=1S/C15H19IN2O3/c1-17(2)15(20)13-4-3-9-18(13)14(19)10-21-12-7-5-11(16)6-8-12/h5-8,13H,3-4,9-10H2,1-2H3. The number of halogens is 1. The van der Waals surface area contributed by atoms with Crippen LogP contribution in [-0.2, 0) is 9.59 Å². The molecule has 1 aliphatic heterocycles. The first-order valence-corrected chi connectivity index (χ1v) is 7.96. The number of amides is 2. The summed E-state index contributed by atoms with van der Waals surface area (Å²) in [5, 5.41) is 0. The fourth-order valence-electron chi connectivity index (χ4n) is 2.38. The average molecular weight is 402 g/mol. The molecule has 6 heteroatoms. The smallest absolute Gasteiger partial charge is 0.261 e. The third kappa shape index (κ3) is 4.09. The maximum absolute atomic E-state index is 12.3. The number of benzene rings is 1. The van der Waals surface area contributed by atoms with Gasteiger partial charge in [0.15, 0.2) is 6.61 Å². The lowest BCUT2D eigenvalue weighted by molar-refractivity contribution is -0.143. The maximum Gasteiger partial charge on any atom is 0.261 e. The average Bonchev–Trinajstić information content (AvgIpc) is 2.94. The summed E-state index contributed by atoms with van der Waals surface area (Å²) in [4.78, 5) is 27.5. The van der Waals surface area contributed by atoms with E-state index in [1.165, 1.54) is 4.90 Å². The molecule has 1 aromatic rings. The van der Waals surface area contributed by atoms with Gasteiger partial charge in [-0.3, -0.25) is 9.59 Å². The van der Waals surface area contributed by atoms with Crippen LogP contribution in [0.25, 0.3) is 0 Å². The minimum absolute atomic E-state index is 0.0184. The number of nitrogens with zero attached hydrogens (tertiary/aromatic N) is 2. The minimum atomic E-state index is -0.340. The van der Waals surface area contributed by atoms with Crippen molar-refractivity contribution in [2.75, 3.05) is 27.2 Å². The van der Waals surface area contributed by atoms with Gasteiger partial charge in [-0.1, -0.05) is 0 Å². The predicted molar refractivity (Wildman–Crippen MR) is 88.1 cm³/mol. The van der Waals surface area contributed by atoms with E-state index < -0.39 is 0 Å². The molecule has 1 aromatic carbocycles. The number of rotatable bonds is 4. The summed E-state index contributed by atoms with van der Waals surface area (Å²) in [5.41, 5.74) is 0. The summed E-state index contributed by atoms with van der Waals surface area (Å²) in [5.74, 6) is 0.514. The molecule has 1 fully saturated rings. The molecule has 1 saturated heterocycles. The molecule has 1 aliphatic rings. The Morgan fingerprint density at radius 3 is 2.62 bits per heavy atom. The molecule has 21 heavy (non-hydrogen) atoms. The van der Waals surface area contributed by atoms with Gasteiger partial charge in [0.1, 0.15) is 11.8 Å². The van der Waals surface area contributed by atoms with E-state index in [9.17, 15) is 9.59 Å². The van der Waals surface area contributed by atoms with Gasteiger partial charge in [-0.05, 0) is 59.7 Å². The highest BCUT2D eigenvalue weighted by Gasteiger charge is 2.34. The number of hydrogen-bond donors (Lipinski definition) is 0. The molecule has 0 spiro atoms. The zero-order valence-corrected chi connectivity index (χ0v) is 14.4. The summed E-state index contributed by atoms with van der Waals surface area (Å²) >= 11 is 2.21. The Kier molecular flexibility index (Phi) is 5.44. The van der Waals surface area contributed by atoms with E-state index >= 15 is 0 Å². The van der Waals surface area contributed by atoms with Gasteiger partial charge in [0, 0.05) is 24.2 Å². The Morgan fingerprint density at radius 1 is 1.33 bits per heavy atom.